The topological polar surface area (TPSA) is 58.4 Å². The van der Waals surface area contributed by atoms with Crippen LogP contribution in [0.3, 0.4) is 0 Å². The summed E-state index contributed by atoms with van der Waals surface area (Å²) in [6, 6.07) is -0.345. The van der Waals surface area contributed by atoms with Gasteiger partial charge in [0.25, 0.3) is 0 Å². The van der Waals surface area contributed by atoms with Gasteiger partial charge >= 0.3 is 0 Å². The number of nitrogens with two attached hydrogens (primary N) is 1. The molecule has 0 aromatic heterocycles. The van der Waals surface area contributed by atoms with Gasteiger partial charge in [0, 0.05) is 37.7 Å². The Hall–Kier alpha value is -0.260. The normalized spacial score (nSPS) is 19.9. The fraction of sp³-hybridized carbons (Fsp3) is 0.900. The van der Waals surface area contributed by atoms with Crippen LogP contribution in [0.15, 0.2) is 0 Å². The molecule has 88 valence electrons. The van der Waals surface area contributed by atoms with E-state index in [-0.39, 0.29) is 11.9 Å². The van der Waals surface area contributed by atoms with Crippen molar-refractivity contribution in [2.45, 2.75) is 19.4 Å². The van der Waals surface area contributed by atoms with Crippen LogP contribution in [0.2, 0.25) is 0 Å². The Morgan fingerprint density at radius 3 is 2.80 bits per heavy atom. The van der Waals surface area contributed by atoms with Crippen molar-refractivity contribution in [3.63, 3.8) is 0 Å². The molecule has 0 aromatic rings. The van der Waals surface area contributed by atoms with E-state index in [1.54, 1.807) is 0 Å². The van der Waals surface area contributed by atoms with Crippen molar-refractivity contribution in [2.75, 3.05) is 37.7 Å². The molecular formula is C10H21N3OS. The summed E-state index contributed by atoms with van der Waals surface area (Å²) in [4.78, 5) is 13.7. The maximum Gasteiger partial charge on any atom is 0.236 e. The Morgan fingerprint density at radius 2 is 2.20 bits per heavy atom. The Kier molecular flexibility index (Phi) is 6.05. The van der Waals surface area contributed by atoms with Crippen molar-refractivity contribution in [3.05, 3.63) is 0 Å². The molecule has 0 radical (unpaired) electrons. The molecule has 1 fully saturated rings. The van der Waals surface area contributed by atoms with Gasteiger partial charge in [0.1, 0.15) is 0 Å². The Balaban J connectivity index is 2.07. The molecule has 15 heavy (non-hydrogen) atoms. The van der Waals surface area contributed by atoms with E-state index in [2.05, 4.69) is 10.2 Å². The Morgan fingerprint density at radius 1 is 1.53 bits per heavy atom. The van der Waals surface area contributed by atoms with E-state index in [0.717, 1.165) is 26.2 Å². The maximum atomic E-state index is 11.4. The van der Waals surface area contributed by atoms with Crippen LogP contribution in [-0.2, 0) is 4.79 Å². The highest BCUT2D eigenvalue weighted by atomic mass is 32.2. The van der Waals surface area contributed by atoms with Gasteiger partial charge in [-0.05, 0) is 6.42 Å². The first-order valence-electron chi connectivity index (χ1n) is 5.57. The van der Waals surface area contributed by atoms with E-state index >= 15 is 0 Å². The van der Waals surface area contributed by atoms with Crippen molar-refractivity contribution in [3.8, 4) is 0 Å². The molecule has 4 nitrogen and oxygen atoms in total. The van der Waals surface area contributed by atoms with Gasteiger partial charge in [0.15, 0.2) is 0 Å². The van der Waals surface area contributed by atoms with Crippen LogP contribution >= 0.6 is 11.8 Å². The number of amides is 1. The van der Waals surface area contributed by atoms with Crippen LogP contribution in [-0.4, -0.2) is 54.5 Å². The Bertz CT molecular complexity index is 195. The zero-order valence-corrected chi connectivity index (χ0v) is 10.2. The van der Waals surface area contributed by atoms with Crippen LogP contribution < -0.4 is 11.1 Å². The van der Waals surface area contributed by atoms with Crippen LogP contribution in [0.25, 0.3) is 0 Å². The zero-order chi connectivity index (χ0) is 11.1. The summed E-state index contributed by atoms with van der Waals surface area (Å²) in [6.45, 7) is 5.87. The first kappa shape index (κ1) is 12.8. The predicted octanol–water partition coefficient (Wildman–Crippen LogP) is -0.111. The molecule has 1 aliphatic heterocycles. The molecule has 0 saturated carbocycles. The summed E-state index contributed by atoms with van der Waals surface area (Å²) in [5, 5.41) is 2.87. The lowest BCUT2D eigenvalue weighted by molar-refractivity contribution is -0.122. The Labute approximate surface area is 96.0 Å². The second kappa shape index (κ2) is 7.09. The fourth-order valence-electron chi connectivity index (χ4n) is 1.48. The molecule has 5 heteroatoms. The first-order chi connectivity index (χ1) is 7.24. The fourth-order valence-corrected chi connectivity index (χ4v) is 2.46. The van der Waals surface area contributed by atoms with E-state index in [1.807, 2.05) is 18.7 Å². The lowest BCUT2D eigenvalue weighted by atomic mass is 10.2. The largest absolute Gasteiger partial charge is 0.353 e. The summed E-state index contributed by atoms with van der Waals surface area (Å²) >= 11 is 2.00. The van der Waals surface area contributed by atoms with Gasteiger partial charge in [-0.15, -0.1) is 0 Å². The van der Waals surface area contributed by atoms with Crippen molar-refractivity contribution >= 4 is 17.7 Å². The van der Waals surface area contributed by atoms with Gasteiger partial charge in [-0.2, -0.15) is 11.8 Å². The first-order valence-corrected chi connectivity index (χ1v) is 6.73. The summed E-state index contributed by atoms with van der Waals surface area (Å²) in [6.07, 6.45) is 0.701. The van der Waals surface area contributed by atoms with Gasteiger partial charge in [-0.1, -0.05) is 6.92 Å². The van der Waals surface area contributed by atoms with Crippen LogP contribution in [0, 0.1) is 0 Å². The number of thioether (sulfide) groups is 1. The zero-order valence-electron chi connectivity index (χ0n) is 9.37. The van der Waals surface area contributed by atoms with Crippen molar-refractivity contribution in [1.29, 1.82) is 0 Å². The van der Waals surface area contributed by atoms with E-state index in [1.165, 1.54) is 11.5 Å². The summed E-state index contributed by atoms with van der Waals surface area (Å²) in [5.41, 5.74) is 5.61. The lowest BCUT2D eigenvalue weighted by Gasteiger charge is -2.26. The molecule has 0 bridgehead atoms. The number of nitrogens with zero attached hydrogens (tertiary/aromatic N) is 1. The minimum absolute atomic E-state index is 0.0242. The third-order valence-corrected chi connectivity index (χ3v) is 3.55. The maximum absolute atomic E-state index is 11.4. The third-order valence-electron chi connectivity index (χ3n) is 2.61. The number of carbonyl (C=O) groups excluding carboxylic acids is 1. The van der Waals surface area contributed by atoms with Crippen LogP contribution in [0.4, 0.5) is 0 Å². The molecule has 0 aliphatic carbocycles. The highest BCUT2D eigenvalue weighted by Crippen LogP contribution is 2.07. The highest BCUT2D eigenvalue weighted by molar-refractivity contribution is 7.99. The van der Waals surface area contributed by atoms with Gasteiger partial charge < -0.3 is 11.1 Å². The second-order valence-electron chi connectivity index (χ2n) is 3.76. The van der Waals surface area contributed by atoms with E-state index < -0.39 is 0 Å². The molecule has 3 N–H and O–H groups in total. The summed E-state index contributed by atoms with van der Waals surface area (Å²) in [7, 11) is 0. The molecule has 1 rings (SSSR count). The SMILES string of the molecule is CC[C@H](N)C(=O)NCCN1CCSCC1. The molecule has 1 amide bonds. The van der Waals surface area contributed by atoms with Crippen LogP contribution in [0.1, 0.15) is 13.3 Å². The van der Waals surface area contributed by atoms with Gasteiger partial charge in [-0.3, -0.25) is 9.69 Å². The smallest absolute Gasteiger partial charge is 0.236 e. The minimum atomic E-state index is -0.345. The average molecular weight is 231 g/mol. The molecule has 0 unspecified atom stereocenters. The average Bonchev–Trinajstić information content (AvgIpc) is 2.29. The van der Waals surface area contributed by atoms with Crippen molar-refractivity contribution in [2.24, 2.45) is 5.73 Å². The monoisotopic (exact) mass is 231 g/mol. The van der Waals surface area contributed by atoms with Gasteiger partial charge in [0.2, 0.25) is 5.91 Å². The molecule has 1 saturated heterocycles. The number of nitrogens with one attached hydrogen (secondary N) is 1. The van der Waals surface area contributed by atoms with Crippen molar-refractivity contribution in [1.82, 2.24) is 10.2 Å². The third kappa shape index (κ3) is 4.86. The standard InChI is InChI=1S/C10H21N3OS/c1-2-9(11)10(14)12-3-4-13-5-7-15-8-6-13/h9H,2-8,11H2,1H3,(H,12,14)/t9-/m0/s1. The minimum Gasteiger partial charge on any atom is -0.353 e. The number of hydrogen-bond donors (Lipinski definition) is 2. The second-order valence-corrected chi connectivity index (χ2v) is 4.98. The molecular weight excluding hydrogens is 210 g/mol. The van der Waals surface area contributed by atoms with E-state index in [4.69, 9.17) is 5.73 Å². The van der Waals surface area contributed by atoms with E-state index in [0.29, 0.717) is 6.42 Å². The molecule has 0 spiro atoms. The van der Waals surface area contributed by atoms with Crippen molar-refractivity contribution < 1.29 is 4.79 Å². The predicted molar refractivity (Wildman–Crippen MR) is 65.0 cm³/mol. The molecule has 1 atom stereocenters. The van der Waals surface area contributed by atoms with Crippen LogP contribution in [0.5, 0.6) is 0 Å². The van der Waals surface area contributed by atoms with Gasteiger partial charge in [0.05, 0.1) is 6.04 Å². The van der Waals surface area contributed by atoms with E-state index in [9.17, 15) is 4.79 Å². The number of rotatable bonds is 5. The summed E-state index contributed by atoms with van der Waals surface area (Å²) in [5.74, 6) is 2.40. The number of carbonyl (C=O) groups is 1. The number of hydrogen-bond acceptors (Lipinski definition) is 4. The molecule has 1 heterocycles. The molecule has 1 aliphatic rings. The highest BCUT2D eigenvalue weighted by Gasteiger charge is 2.12. The lowest BCUT2D eigenvalue weighted by Crippen LogP contribution is -2.44. The van der Waals surface area contributed by atoms with Gasteiger partial charge in [-0.25, -0.2) is 0 Å². The summed E-state index contributed by atoms with van der Waals surface area (Å²) < 4.78 is 0. The molecule has 0 aromatic carbocycles. The quantitative estimate of drug-likeness (QED) is 0.693.